The number of carbonyl (C=O) groups excluding carboxylic acids is 1. The summed E-state index contributed by atoms with van der Waals surface area (Å²) in [4.78, 5) is 23.5. The van der Waals surface area contributed by atoms with Gasteiger partial charge < -0.3 is 15.2 Å². The number of benzene rings is 1. The third-order valence-corrected chi connectivity index (χ3v) is 3.77. The number of aliphatic carboxylic acids is 1. The van der Waals surface area contributed by atoms with Gasteiger partial charge in [-0.15, -0.1) is 11.3 Å². The smallest absolute Gasteiger partial charge is 0.305 e. The number of nitrogens with one attached hydrogen (secondary N) is 1. The van der Waals surface area contributed by atoms with Gasteiger partial charge in [0.15, 0.2) is 6.61 Å². The number of halogens is 1. The molecule has 1 atom stereocenters. The van der Waals surface area contributed by atoms with Gasteiger partial charge in [0.1, 0.15) is 11.6 Å². The summed E-state index contributed by atoms with van der Waals surface area (Å²) < 4.78 is 18.0. The molecule has 0 bridgehead atoms. The van der Waals surface area contributed by atoms with Crippen LogP contribution in [0.4, 0.5) is 4.39 Å². The second-order valence-corrected chi connectivity index (χ2v) is 5.46. The highest BCUT2D eigenvalue weighted by Gasteiger charge is 2.19. The van der Waals surface area contributed by atoms with E-state index in [1.54, 1.807) is 12.1 Å². The van der Waals surface area contributed by atoms with Crippen molar-refractivity contribution in [1.29, 1.82) is 0 Å². The average molecular weight is 323 g/mol. The van der Waals surface area contributed by atoms with Gasteiger partial charge in [-0.3, -0.25) is 9.59 Å². The molecule has 2 rings (SSSR count). The first kappa shape index (κ1) is 16.0. The van der Waals surface area contributed by atoms with Crippen molar-refractivity contribution in [2.75, 3.05) is 6.61 Å². The Morgan fingerprint density at radius 1 is 1.27 bits per heavy atom. The van der Waals surface area contributed by atoms with E-state index in [0.29, 0.717) is 5.75 Å². The molecule has 0 saturated carbocycles. The first-order chi connectivity index (χ1) is 10.5. The van der Waals surface area contributed by atoms with E-state index in [2.05, 4.69) is 5.32 Å². The minimum Gasteiger partial charge on any atom is -0.484 e. The summed E-state index contributed by atoms with van der Waals surface area (Å²) in [5.41, 5.74) is 0. The normalized spacial score (nSPS) is 11.7. The van der Waals surface area contributed by atoms with E-state index in [4.69, 9.17) is 9.84 Å². The van der Waals surface area contributed by atoms with Gasteiger partial charge in [-0.2, -0.15) is 0 Å². The predicted octanol–water partition coefficient (Wildman–Crippen LogP) is 2.60. The minimum absolute atomic E-state index is 0.206. The molecular formula is C15H14FNO4S. The number of hydrogen-bond acceptors (Lipinski definition) is 4. The Morgan fingerprint density at radius 3 is 2.59 bits per heavy atom. The van der Waals surface area contributed by atoms with Crippen molar-refractivity contribution in [3.8, 4) is 5.75 Å². The second-order valence-electron chi connectivity index (χ2n) is 4.48. The van der Waals surface area contributed by atoms with Crippen molar-refractivity contribution in [2.45, 2.75) is 12.5 Å². The topological polar surface area (TPSA) is 75.6 Å². The fraction of sp³-hybridized carbons (Fsp3) is 0.200. The van der Waals surface area contributed by atoms with Crippen LogP contribution in [0.2, 0.25) is 0 Å². The SMILES string of the molecule is O=C(O)C[C@@H](NC(=O)COc1ccc(F)cc1)c1cccs1. The molecule has 0 aliphatic heterocycles. The number of carboxylic acids is 1. The van der Waals surface area contributed by atoms with Gasteiger partial charge in [0.2, 0.25) is 0 Å². The van der Waals surface area contributed by atoms with Gasteiger partial charge in [0.25, 0.3) is 5.91 Å². The lowest BCUT2D eigenvalue weighted by molar-refractivity contribution is -0.137. The van der Waals surface area contributed by atoms with Crippen molar-refractivity contribution in [1.82, 2.24) is 5.32 Å². The summed E-state index contributed by atoms with van der Waals surface area (Å²) in [5.74, 6) is -1.47. The summed E-state index contributed by atoms with van der Waals surface area (Å²) in [6, 6.07) is 8.24. The highest BCUT2D eigenvalue weighted by atomic mass is 32.1. The Kier molecular flexibility index (Phi) is 5.48. The number of amides is 1. The van der Waals surface area contributed by atoms with E-state index in [0.717, 1.165) is 4.88 Å². The number of carboxylic acid groups (broad SMARTS) is 1. The molecule has 0 radical (unpaired) electrons. The number of thiophene rings is 1. The maximum atomic E-state index is 12.7. The molecule has 0 spiro atoms. The number of ether oxygens (including phenoxy) is 1. The van der Waals surface area contributed by atoms with E-state index in [1.807, 2.05) is 5.38 Å². The zero-order chi connectivity index (χ0) is 15.9. The molecule has 0 aliphatic carbocycles. The third kappa shape index (κ3) is 4.85. The second kappa shape index (κ2) is 7.56. The molecule has 0 saturated heterocycles. The van der Waals surface area contributed by atoms with Crippen LogP contribution in [0.25, 0.3) is 0 Å². The Balaban J connectivity index is 1.90. The lowest BCUT2D eigenvalue weighted by Gasteiger charge is -2.15. The van der Waals surface area contributed by atoms with E-state index >= 15 is 0 Å². The van der Waals surface area contributed by atoms with Crippen molar-refractivity contribution in [3.63, 3.8) is 0 Å². The predicted molar refractivity (Wildman–Crippen MR) is 79.4 cm³/mol. The zero-order valence-electron chi connectivity index (χ0n) is 11.5. The molecule has 1 aromatic heterocycles. The van der Waals surface area contributed by atoms with Gasteiger partial charge in [0, 0.05) is 4.88 Å². The third-order valence-electron chi connectivity index (χ3n) is 2.78. The molecule has 1 aromatic carbocycles. The minimum atomic E-state index is -1.00. The van der Waals surface area contributed by atoms with Gasteiger partial charge in [0.05, 0.1) is 12.5 Å². The maximum Gasteiger partial charge on any atom is 0.305 e. The molecule has 22 heavy (non-hydrogen) atoms. The summed E-state index contributed by atoms with van der Waals surface area (Å²) in [6.07, 6.45) is -0.206. The summed E-state index contributed by atoms with van der Waals surface area (Å²) in [7, 11) is 0. The summed E-state index contributed by atoms with van der Waals surface area (Å²) >= 11 is 1.37. The maximum absolute atomic E-state index is 12.7. The molecule has 0 fully saturated rings. The van der Waals surface area contributed by atoms with Crippen LogP contribution < -0.4 is 10.1 Å². The van der Waals surface area contributed by atoms with Gasteiger partial charge in [-0.05, 0) is 35.7 Å². The highest BCUT2D eigenvalue weighted by molar-refractivity contribution is 7.10. The first-order valence-corrected chi connectivity index (χ1v) is 7.35. The molecule has 2 N–H and O–H groups in total. The Bertz CT molecular complexity index is 628. The van der Waals surface area contributed by atoms with Crippen molar-refractivity contribution < 1.29 is 23.8 Å². The molecule has 0 unspecified atom stereocenters. The van der Waals surface area contributed by atoms with E-state index < -0.39 is 23.7 Å². The van der Waals surface area contributed by atoms with Gasteiger partial charge >= 0.3 is 5.97 Å². The van der Waals surface area contributed by atoms with Gasteiger partial charge in [-0.25, -0.2) is 4.39 Å². The average Bonchev–Trinajstić information content (AvgIpc) is 3.00. The Labute approximate surface area is 130 Å². The van der Waals surface area contributed by atoms with Crippen LogP contribution in [0.15, 0.2) is 41.8 Å². The number of rotatable bonds is 7. The summed E-state index contributed by atoms with van der Waals surface area (Å²) in [6.45, 7) is -0.271. The fourth-order valence-corrected chi connectivity index (χ4v) is 2.58. The van der Waals surface area contributed by atoms with Crippen LogP contribution in [0.1, 0.15) is 17.3 Å². The van der Waals surface area contributed by atoms with Crippen LogP contribution in [0.5, 0.6) is 5.75 Å². The Morgan fingerprint density at radius 2 is 2.00 bits per heavy atom. The van der Waals surface area contributed by atoms with Crippen LogP contribution in [0, 0.1) is 5.82 Å². The van der Waals surface area contributed by atoms with E-state index in [-0.39, 0.29) is 13.0 Å². The zero-order valence-corrected chi connectivity index (χ0v) is 12.3. The van der Waals surface area contributed by atoms with Crippen LogP contribution in [0.3, 0.4) is 0 Å². The highest BCUT2D eigenvalue weighted by Crippen LogP contribution is 2.22. The van der Waals surface area contributed by atoms with Crippen molar-refractivity contribution in [2.24, 2.45) is 0 Å². The van der Waals surface area contributed by atoms with Crippen LogP contribution in [-0.4, -0.2) is 23.6 Å². The van der Waals surface area contributed by atoms with Crippen molar-refractivity contribution >= 4 is 23.2 Å². The molecule has 0 aliphatic rings. The molecule has 7 heteroatoms. The molecule has 1 heterocycles. The van der Waals surface area contributed by atoms with E-state index in [1.165, 1.54) is 35.6 Å². The van der Waals surface area contributed by atoms with Crippen LogP contribution in [-0.2, 0) is 9.59 Å². The lowest BCUT2D eigenvalue weighted by Crippen LogP contribution is -2.33. The fourth-order valence-electron chi connectivity index (χ4n) is 1.80. The number of carbonyl (C=O) groups is 2. The molecule has 5 nitrogen and oxygen atoms in total. The summed E-state index contributed by atoms with van der Waals surface area (Å²) in [5, 5.41) is 13.4. The quantitative estimate of drug-likeness (QED) is 0.821. The standard InChI is InChI=1S/C15H14FNO4S/c16-10-3-5-11(6-4-10)21-9-14(18)17-12(8-15(19)20)13-2-1-7-22-13/h1-7,12H,8-9H2,(H,17,18)(H,19,20)/t12-/m1/s1. The van der Waals surface area contributed by atoms with E-state index in [9.17, 15) is 14.0 Å². The van der Waals surface area contributed by atoms with Crippen molar-refractivity contribution in [3.05, 3.63) is 52.5 Å². The Hall–Kier alpha value is -2.41. The largest absolute Gasteiger partial charge is 0.484 e. The molecule has 1 amide bonds. The van der Waals surface area contributed by atoms with Crippen LogP contribution >= 0.6 is 11.3 Å². The first-order valence-electron chi connectivity index (χ1n) is 6.47. The lowest BCUT2D eigenvalue weighted by atomic mass is 10.1. The molecule has 116 valence electrons. The monoisotopic (exact) mass is 323 g/mol. The van der Waals surface area contributed by atoms with Gasteiger partial charge in [-0.1, -0.05) is 6.07 Å². The molecular weight excluding hydrogens is 309 g/mol. The molecule has 2 aromatic rings. The number of hydrogen-bond donors (Lipinski definition) is 2.